The number of carbonyl (C=O) groups excluding carboxylic acids is 3. The average Bonchev–Trinajstić information content (AvgIpc) is 3.59. The third-order valence-corrected chi connectivity index (χ3v) is 9.30. The Bertz CT molecular complexity index is 2130. The number of rotatable bonds is 5. The van der Waals surface area contributed by atoms with Crippen LogP contribution in [0.5, 0.6) is 0 Å². The first kappa shape index (κ1) is 27.9. The standard InChI is InChI=1S/C32H21ClFN3O6S/c1-3-42-29(40)27-16(2)35-31(44-27)37-28(39)26-24(25(38)19-14-18(34)12-13-23(19)43-26)32(37)20-9-5-7-11-22(20)36(30(32)41)15-17-8-4-6-10-21(17)33/h4-14H,3,15H2,1-2H3. The summed E-state index contributed by atoms with van der Waals surface area (Å²) in [5.41, 5.74) is -1.44. The van der Waals surface area contributed by atoms with E-state index in [0.29, 0.717) is 21.8 Å². The summed E-state index contributed by atoms with van der Waals surface area (Å²) in [5.74, 6) is -3.15. The second-order valence-corrected chi connectivity index (χ2v) is 11.6. The number of carbonyl (C=O) groups is 3. The lowest BCUT2D eigenvalue weighted by Crippen LogP contribution is -2.53. The highest BCUT2D eigenvalue weighted by Gasteiger charge is 2.66. The Morgan fingerprint density at radius 2 is 1.84 bits per heavy atom. The Morgan fingerprint density at radius 3 is 2.61 bits per heavy atom. The van der Waals surface area contributed by atoms with Crippen molar-refractivity contribution in [3.63, 3.8) is 0 Å². The van der Waals surface area contributed by atoms with Gasteiger partial charge < -0.3 is 14.1 Å². The molecule has 0 aliphatic carbocycles. The van der Waals surface area contributed by atoms with Gasteiger partial charge in [-0.2, -0.15) is 0 Å². The number of nitrogens with zero attached hydrogens (tertiary/aromatic N) is 3. The predicted molar refractivity (Wildman–Crippen MR) is 162 cm³/mol. The molecule has 3 aromatic carbocycles. The fraction of sp³-hybridized carbons (Fsp3) is 0.156. The molecule has 0 saturated heterocycles. The van der Waals surface area contributed by atoms with Gasteiger partial charge in [0.1, 0.15) is 16.3 Å². The zero-order chi connectivity index (χ0) is 30.9. The predicted octanol–water partition coefficient (Wildman–Crippen LogP) is 5.98. The van der Waals surface area contributed by atoms with Crippen molar-refractivity contribution in [2.24, 2.45) is 0 Å². The Balaban J connectivity index is 1.55. The Kier molecular flexibility index (Phi) is 6.41. The second kappa shape index (κ2) is 10.1. The molecular formula is C32H21ClFN3O6S. The van der Waals surface area contributed by atoms with Gasteiger partial charge in [-0.3, -0.25) is 19.3 Å². The SMILES string of the molecule is CCOC(=O)c1sc(N2C(=O)c3oc4ccc(F)cc4c(=O)c3C23C(=O)N(Cc2ccccc2Cl)c2ccccc23)nc1C. The van der Waals surface area contributed by atoms with Crippen molar-refractivity contribution in [1.82, 2.24) is 4.98 Å². The number of para-hydroxylation sites is 1. The van der Waals surface area contributed by atoms with Crippen molar-refractivity contribution in [2.75, 3.05) is 16.4 Å². The van der Waals surface area contributed by atoms with Gasteiger partial charge in [0.25, 0.3) is 11.8 Å². The number of anilines is 2. The molecule has 2 aromatic heterocycles. The summed E-state index contributed by atoms with van der Waals surface area (Å²) in [6, 6.07) is 17.2. The van der Waals surface area contributed by atoms with E-state index in [-0.39, 0.29) is 51.1 Å². The topological polar surface area (TPSA) is 110 Å². The first-order valence-electron chi connectivity index (χ1n) is 13.6. The number of amides is 2. The summed E-state index contributed by atoms with van der Waals surface area (Å²) in [6.45, 7) is 3.39. The molecule has 5 aromatic rings. The van der Waals surface area contributed by atoms with Gasteiger partial charge >= 0.3 is 5.97 Å². The first-order valence-corrected chi connectivity index (χ1v) is 14.8. The van der Waals surface area contributed by atoms with E-state index in [9.17, 15) is 23.6 Å². The molecule has 1 atom stereocenters. The summed E-state index contributed by atoms with van der Waals surface area (Å²) in [7, 11) is 0. The Morgan fingerprint density at radius 1 is 1.09 bits per heavy atom. The van der Waals surface area contributed by atoms with E-state index in [1.807, 2.05) is 0 Å². The van der Waals surface area contributed by atoms with Gasteiger partial charge in [0.2, 0.25) is 5.76 Å². The monoisotopic (exact) mass is 629 g/mol. The van der Waals surface area contributed by atoms with Crippen molar-refractivity contribution in [3.8, 4) is 0 Å². The van der Waals surface area contributed by atoms with Crippen molar-refractivity contribution >= 4 is 62.5 Å². The molecule has 2 aliphatic heterocycles. The molecule has 7 rings (SSSR count). The molecule has 0 N–H and O–H groups in total. The summed E-state index contributed by atoms with van der Waals surface area (Å²) in [4.78, 5) is 63.7. The fourth-order valence-corrected chi connectivity index (χ4v) is 7.16. The van der Waals surface area contributed by atoms with E-state index in [0.717, 1.165) is 28.4 Å². The molecule has 12 heteroatoms. The van der Waals surface area contributed by atoms with Crippen LogP contribution >= 0.6 is 22.9 Å². The smallest absolute Gasteiger partial charge is 0.350 e. The minimum atomic E-state index is -2.08. The molecule has 0 fully saturated rings. The van der Waals surface area contributed by atoms with Crippen molar-refractivity contribution in [2.45, 2.75) is 25.9 Å². The number of thiazole rings is 1. The quantitative estimate of drug-likeness (QED) is 0.220. The van der Waals surface area contributed by atoms with Gasteiger partial charge in [-0.1, -0.05) is 59.3 Å². The maximum Gasteiger partial charge on any atom is 0.350 e. The van der Waals surface area contributed by atoms with Crippen LogP contribution in [0.4, 0.5) is 15.2 Å². The molecule has 2 aliphatic rings. The largest absolute Gasteiger partial charge is 0.462 e. The third-order valence-electron chi connectivity index (χ3n) is 7.81. The van der Waals surface area contributed by atoms with Gasteiger partial charge in [-0.25, -0.2) is 14.2 Å². The van der Waals surface area contributed by atoms with Crippen LogP contribution in [-0.4, -0.2) is 29.4 Å². The molecule has 220 valence electrons. The number of benzene rings is 3. The normalized spacial score (nSPS) is 17.1. The first-order chi connectivity index (χ1) is 21.2. The molecule has 0 saturated carbocycles. The Labute approximate surface area is 258 Å². The molecule has 4 heterocycles. The lowest BCUT2D eigenvalue weighted by atomic mass is 9.84. The van der Waals surface area contributed by atoms with Crippen LogP contribution in [0, 0.1) is 12.7 Å². The number of hydrogen-bond donors (Lipinski definition) is 0. The van der Waals surface area contributed by atoms with Crippen molar-refractivity contribution in [1.29, 1.82) is 0 Å². The van der Waals surface area contributed by atoms with Gasteiger partial charge in [0.15, 0.2) is 16.1 Å². The minimum Gasteiger partial charge on any atom is -0.462 e. The average molecular weight is 630 g/mol. The highest BCUT2D eigenvalue weighted by Crippen LogP contribution is 2.55. The van der Waals surface area contributed by atoms with Gasteiger partial charge in [0, 0.05) is 10.6 Å². The Hall–Kier alpha value is -4.87. The van der Waals surface area contributed by atoms with E-state index < -0.39 is 34.6 Å². The second-order valence-electron chi connectivity index (χ2n) is 10.3. The summed E-state index contributed by atoms with van der Waals surface area (Å²) in [5, 5.41) is 0.281. The van der Waals surface area contributed by atoms with Gasteiger partial charge in [0.05, 0.1) is 35.5 Å². The lowest BCUT2D eigenvalue weighted by Gasteiger charge is -2.32. The summed E-state index contributed by atoms with van der Waals surface area (Å²) < 4.78 is 25.6. The number of aromatic nitrogens is 1. The van der Waals surface area contributed by atoms with Crippen molar-refractivity contribution in [3.05, 3.63) is 121 Å². The maximum absolute atomic E-state index is 15.0. The molecular weight excluding hydrogens is 609 g/mol. The number of aryl methyl sites for hydroxylation is 1. The molecule has 1 unspecified atom stereocenters. The van der Waals surface area contributed by atoms with E-state index in [1.54, 1.807) is 62.4 Å². The van der Waals surface area contributed by atoms with E-state index in [1.165, 1.54) is 11.0 Å². The highest BCUT2D eigenvalue weighted by molar-refractivity contribution is 7.17. The van der Waals surface area contributed by atoms with Crippen LogP contribution in [0.3, 0.4) is 0 Å². The fourth-order valence-electron chi connectivity index (χ4n) is 5.95. The van der Waals surface area contributed by atoms with Gasteiger partial charge in [-0.15, -0.1) is 0 Å². The van der Waals surface area contributed by atoms with Crippen LogP contribution in [0.2, 0.25) is 5.02 Å². The molecule has 9 nitrogen and oxygen atoms in total. The van der Waals surface area contributed by atoms with Crippen LogP contribution in [-0.2, 0) is 21.6 Å². The lowest BCUT2D eigenvalue weighted by molar-refractivity contribution is -0.121. The van der Waals surface area contributed by atoms with Crippen LogP contribution in [0.25, 0.3) is 11.0 Å². The minimum absolute atomic E-state index is 0.0145. The van der Waals surface area contributed by atoms with Crippen LogP contribution in [0.15, 0.2) is 75.9 Å². The number of hydrogen-bond acceptors (Lipinski definition) is 8. The maximum atomic E-state index is 15.0. The number of ether oxygens (including phenoxy) is 1. The zero-order valence-electron chi connectivity index (χ0n) is 23.2. The number of halogens is 2. The molecule has 0 bridgehead atoms. The molecule has 44 heavy (non-hydrogen) atoms. The van der Waals surface area contributed by atoms with E-state index >= 15 is 0 Å². The highest BCUT2D eigenvalue weighted by atomic mass is 35.5. The molecule has 0 radical (unpaired) electrons. The molecule has 2 amide bonds. The van der Waals surface area contributed by atoms with E-state index in [4.69, 9.17) is 20.8 Å². The number of esters is 1. The third kappa shape index (κ3) is 3.79. The zero-order valence-corrected chi connectivity index (χ0v) is 24.8. The van der Waals surface area contributed by atoms with E-state index in [2.05, 4.69) is 4.98 Å². The van der Waals surface area contributed by atoms with Crippen LogP contribution < -0.4 is 15.2 Å². The summed E-state index contributed by atoms with van der Waals surface area (Å²) in [6.07, 6.45) is 0. The van der Waals surface area contributed by atoms with Crippen molar-refractivity contribution < 1.29 is 27.9 Å². The van der Waals surface area contributed by atoms with Crippen LogP contribution in [0.1, 0.15) is 49.5 Å². The summed E-state index contributed by atoms with van der Waals surface area (Å²) >= 11 is 7.34. The van der Waals surface area contributed by atoms with Gasteiger partial charge in [-0.05, 0) is 49.7 Å². The molecule has 1 spiro atoms. The number of fused-ring (bicyclic) bond motifs is 5.